The normalized spacial score (nSPS) is 12.1. The lowest BCUT2D eigenvalue weighted by Crippen LogP contribution is -2.34. The summed E-state index contributed by atoms with van der Waals surface area (Å²) < 4.78 is 11.1. The summed E-state index contributed by atoms with van der Waals surface area (Å²) >= 11 is 0. The molecule has 0 heterocycles. The third kappa shape index (κ3) is 5.75. The quantitative estimate of drug-likeness (QED) is 0.759. The largest absolute Gasteiger partial charge is 0.490 e. The van der Waals surface area contributed by atoms with Crippen LogP contribution in [0, 0.1) is 5.92 Å². The summed E-state index contributed by atoms with van der Waals surface area (Å²) in [6.07, 6.45) is 0.787. The van der Waals surface area contributed by atoms with Crippen LogP contribution in [-0.4, -0.2) is 43.7 Å². The molecular weight excluding hydrogens is 292 g/mol. The monoisotopic (exact) mass is 322 g/mol. The number of hydrogen-bond donors (Lipinski definition) is 1. The molecule has 0 saturated heterocycles. The number of carbonyl (C=O) groups is 1. The van der Waals surface area contributed by atoms with Gasteiger partial charge in [0.05, 0.1) is 13.2 Å². The van der Waals surface area contributed by atoms with E-state index in [1.54, 1.807) is 30.1 Å². The van der Waals surface area contributed by atoms with Crippen LogP contribution < -0.4 is 15.2 Å². The molecule has 5 heteroatoms. The van der Waals surface area contributed by atoms with Crippen LogP contribution >= 0.6 is 0 Å². The Labute approximate surface area is 139 Å². The van der Waals surface area contributed by atoms with Crippen LogP contribution in [-0.2, 0) is 0 Å². The summed E-state index contributed by atoms with van der Waals surface area (Å²) in [6, 6.07) is 5.41. The van der Waals surface area contributed by atoms with Crippen LogP contribution in [0.3, 0.4) is 0 Å². The minimum Gasteiger partial charge on any atom is -0.490 e. The fourth-order valence-corrected chi connectivity index (χ4v) is 2.18. The van der Waals surface area contributed by atoms with E-state index in [1.807, 2.05) is 13.8 Å². The first-order chi connectivity index (χ1) is 10.9. The average molecular weight is 322 g/mol. The smallest absolute Gasteiger partial charge is 0.253 e. The van der Waals surface area contributed by atoms with Crippen LogP contribution in [0.4, 0.5) is 0 Å². The van der Waals surface area contributed by atoms with E-state index in [0.717, 1.165) is 6.42 Å². The van der Waals surface area contributed by atoms with Gasteiger partial charge in [-0.2, -0.15) is 0 Å². The molecule has 0 aliphatic heterocycles. The third-order valence-electron chi connectivity index (χ3n) is 3.79. The zero-order chi connectivity index (χ0) is 17.4. The SMILES string of the molecule is CCOc1ccc(C(=O)N(C)CCC(N)C(C)C)cc1OCC. The van der Waals surface area contributed by atoms with Crippen LogP contribution in [0.1, 0.15) is 44.5 Å². The molecule has 2 N–H and O–H groups in total. The number of carbonyl (C=O) groups excluding carboxylic acids is 1. The van der Waals surface area contributed by atoms with E-state index in [1.165, 1.54) is 0 Å². The highest BCUT2D eigenvalue weighted by atomic mass is 16.5. The zero-order valence-corrected chi connectivity index (χ0v) is 15.0. The first-order valence-corrected chi connectivity index (χ1v) is 8.31. The molecule has 1 aromatic rings. The standard InChI is InChI=1S/C18H30N2O3/c1-6-22-16-9-8-14(12-17(16)23-7-2)18(21)20(5)11-10-15(19)13(3)4/h8-9,12-13,15H,6-7,10-11,19H2,1-5H3. The Morgan fingerprint density at radius 1 is 1.17 bits per heavy atom. The van der Waals surface area contributed by atoms with Gasteiger partial charge in [0.2, 0.25) is 0 Å². The molecule has 1 atom stereocenters. The molecule has 1 amide bonds. The van der Waals surface area contributed by atoms with Crippen molar-refractivity contribution in [2.24, 2.45) is 11.7 Å². The second-order valence-electron chi connectivity index (χ2n) is 5.95. The maximum atomic E-state index is 12.5. The van der Waals surface area contributed by atoms with Gasteiger partial charge in [-0.1, -0.05) is 13.8 Å². The predicted molar refractivity (Wildman–Crippen MR) is 93.2 cm³/mol. The summed E-state index contributed by atoms with van der Waals surface area (Å²) in [5.74, 6) is 1.64. The number of benzene rings is 1. The minimum atomic E-state index is -0.0371. The van der Waals surface area contributed by atoms with Gasteiger partial charge in [-0.3, -0.25) is 4.79 Å². The molecule has 1 rings (SSSR count). The number of nitrogens with two attached hydrogens (primary N) is 1. The van der Waals surface area contributed by atoms with Crippen LogP contribution in [0.25, 0.3) is 0 Å². The van der Waals surface area contributed by atoms with E-state index >= 15 is 0 Å². The molecule has 0 fully saturated rings. The van der Waals surface area contributed by atoms with Crippen molar-refractivity contribution in [1.82, 2.24) is 4.90 Å². The average Bonchev–Trinajstić information content (AvgIpc) is 2.53. The van der Waals surface area contributed by atoms with Gasteiger partial charge in [-0.15, -0.1) is 0 Å². The van der Waals surface area contributed by atoms with Crippen LogP contribution in [0.2, 0.25) is 0 Å². The van der Waals surface area contributed by atoms with Gasteiger partial charge in [0.15, 0.2) is 11.5 Å². The molecule has 0 aromatic heterocycles. The van der Waals surface area contributed by atoms with Crippen molar-refractivity contribution in [3.8, 4) is 11.5 Å². The summed E-state index contributed by atoms with van der Waals surface area (Å²) in [6.45, 7) is 9.72. The van der Waals surface area contributed by atoms with E-state index < -0.39 is 0 Å². The number of ether oxygens (including phenoxy) is 2. The highest BCUT2D eigenvalue weighted by molar-refractivity contribution is 5.94. The molecule has 5 nitrogen and oxygen atoms in total. The first-order valence-electron chi connectivity index (χ1n) is 8.31. The molecule has 0 spiro atoms. The molecule has 0 radical (unpaired) electrons. The summed E-state index contributed by atoms with van der Waals surface area (Å²) in [5, 5.41) is 0. The van der Waals surface area contributed by atoms with E-state index in [-0.39, 0.29) is 11.9 Å². The number of rotatable bonds is 9. The lowest BCUT2D eigenvalue weighted by atomic mass is 10.0. The van der Waals surface area contributed by atoms with Crippen molar-refractivity contribution in [3.63, 3.8) is 0 Å². The first kappa shape index (κ1) is 19.3. The Bertz CT molecular complexity index is 503. The molecule has 0 aliphatic carbocycles. The highest BCUT2D eigenvalue weighted by Gasteiger charge is 2.16. The summed E-state index contributed by atoms with van der Waals surface area (Å²) in [4.78, 5) is 14.2. The molecule has 0 bridgehead atoms. The van der Waals surface area contributed by atoms with E-state index in [2.05, 4.69) is 13.8 Å². The van der Waals surface area contributed by atoms with Crippen molar-refractivity contribution in [2.75, 3.05) is 26.8 Å². The van der Waals surface area contributed by atoms with Gasteiger partial charge < -0.3 is 20.1 Å². The predicted octanol–water partition coefficient (Wildman–Crippen LogP) is 2.93. The fraction of sp³-hybridized carbons (Fsp3) is 0.611. The lowest BCUT2D eigenvalue weighted by molar-refractivity contribution is 0.0788. The summed E-state index contributed by atoms with van der Waals surface area (Å²) in [7, 11) is 1.80. The van der Waals surface area contributed by atoms with E-state index in [9.17, 15) is 4.79 Å². The summed E-state index contributed by atoms with van der Waals surface area (Å²) in [5.41, 5.74) is 6.64. The molecule has 0 saturated carbocycles. The third-order valence-corrected chi connectivity index (χ3v) is 3.79. The number of nitrogens with zero attached hydrogens (tertiary/aromatic N) is 1. The topological polar surface area (TPSA) is 64.8 Å². The van der Waals surface area contributed by atoms with Crippen molar-refractivity contribution in [3.05, 3.63) is 23.8 Å². The van der Waals surface area contributed by atoms with E-state index in [4.69, 9.17) is 15.2 Å². The van der Waals surface area contributed by atoms with Crippen LogP contribution in [0.15, 0.2) is 18.2 Å². The van der Waals surface area contributed by atoms with Gasteiger partial charge in [0.1, 0.15) is 0 Å². The number of amides is 1. The second-order valence-corrected chi connectivity index (χ2v) is 5.95. The molecule has 1 unspecified atom stereocenters. The molecule has 1 aromatic carbocycles. The Morgan fingerprint density at radius 3 is 2.35 bits per heavy atom. The maximum absolute atomic E-state index is 12.5. The van der Waals surface area contributed by atoms with Gasteiger partial charge in [-0.05, 0) is 44.4 Å². The van der Waals surface area contributed by atoms with Crippen molar-refractivity contribution < 1.29 is 14.3 Å². The van der Waals surface area contributed by atoms with E-state index in [0.29, 0.717) is 42.7 Å². The maximum Gasteiger partial charge on any atom is 0.253 e. The molecule has 23 heavy (non-hydrogen) atoms. The number of hydrogen-bond acceptors (Lipinski definition) is 4. The molecule has 0 aliphatic rings. The highest BCUT2D eigenvalue weighted by Crippen LogP contribution is 2.29. The molecule has 130 valence electrons. The Hall–Kier alpha value is -1.75. The van der Waals surface area contributed by atoms with Crippen molar-refractivity contribution >= 4 is 5.91 Å². The Morgan fingerprint density at radius 2 is 1.78 bits per heavy atom. The fourth-order valence-electron chi connectivity index (χ4n) is 2.18. The van der Waals surface area contributed by atoms with Crippen molar-refractivity contribution in [2.45, 2.75) is 40.2 Å². The van der Waals surface area contributed by atoms with Gasteiger partial charge in [0.25, 0.3) is 5.91 Å². The Balaban J connectivity index is 2.80. The second kappa shape index (κ2) is 9.40. The lowest BCUT2D eigenvalue weighted by Gasteiger charge is -2.22. The Kier molecular flexibility index (Phi) is 7.89. The minimum absolute atomic E-state index is 0.0371. The zero-order valence-electron chi connectivity index (χ0n) is 15.0. The molecular formula is C18H30N2O3. The van der Waals surface area contributed by atoms with Gasteiger partial charge >= 0.3 is 0 Å². The van der Waals surface area contributed by atoms with Crippen molar-refractivity contribution in [1.29, 1.82) is 0 Å². The van der Waals surface area contributed by atoms with Gasteiger partial charge in [-0.25, -0.2) is 0 Å². The van der Waals surface area contributed by atoms with Gasteiger partial charge in [0, 0.05) is 25.2 Å². The van der Waals surface area contributed by atoms with Crippen LogP contribution in [0.5, 0.6) is 11.5 Å².